The summed E-state index contributed by atoms with van der Waals surface area (Å²) in [6.07, 6.45) is 2.77. The van der Waals surface area contributed by atoms with E-state index in [4.69, 9.17) is 4.74 Å². The number of carbonyl (C=O) groups excluding carboxylic acids is 1. The highest BCUT2D eigenvalue weighted by atomic mass is 16.5. The zero-order valence-electron chi connectivity index (χ0n) is 13.8. The van der Waals surface area contributed by atoms with Gasteiger partial charge in [0, 0.05) is 26.4 Å². The molecule has 0 spiro atoms. The van der Waals surface area contributed by atoms with Crippen molar-refractivity contribution in [3.05, 3.63) is 57.0 Å². The molecule has 3 aromatic rings. The topological polar surface area (TPSA) is 108 Å². The molecule has 0 bridgehead atoms. The Morgan fingerprint density at radius 1 is 1.12 bits per heavy atom. The number of nitrogens with zero attached hydrogens (tertiary/aromatic N) is 4. The lowest BCUT2D eigenvalue weighted by molar-refractivity contribution is 0.102. The van der Waals surface area contributed by atoms with Crippen molar-refractivity contribution in [2.45, 2.75) is 0 Å². The minimum absolute atomic E-state index is 0.185. The van der Waals surface area contributed by atoms with Crippen LogP contribution in [-0.2, 0) is 14.1 Å². The fourth-order valence-corrected chi connectivity index (χ4v) is 2.37. The van der Waals surface area contributed by atoms with Crippen molar-refractivity contribution in [3.8, 4) is 5.88 Å². The summed E-state index contributed by atoms with van der Waals surface area (Å²) in [7, 11) is 4.38. The molecule has 0 unspecified atom stereocenters. The minimum Gasteiger partial charge on any atom is -0.481 e. The first-order valence-electron chi connectivity index (χ1n) is 7.29. The maximum Gasteiger partial charge on any atom is 0.332 e. The average Bonchev–Trinajstić information content (AvgIpc) is 2.64. The summed E-state index contributed by atoms with van der Waals surface area (Å²) in [5.74, 6) is -0.0212. The van der Waals surface area contributed by atoms with E-state index in [-0.39, 0.29) is 16.6 Å². The van der Waals surface area contributed by atoms with Gasteiger partial charge < -0.3 is 10.1 Å². The monoisotopic (exact) mass is 341 g/mol. The Balaban J connectivity index is 1.99. The molecule has 0 aliphatic rings. The van der Waals surface area contributed by atoms with E-state index in [0.29, 0.717) is 11.6 Å². The summed E-state index contributed by atoms with van der Waals surface area (Å²) in [6, 6.07) is 4.66. The van der Waals surface area contributed by atoms with Crippen molar-refractivity contribution < 1.29 is 9.53 Å². The van der Waals surface area contributed by atoms with Crippen molar-refractivity contribution in [1.82, 2.24) is 19.1 Å². The van der Waals surface area contributed by atoms with E-state index in [9.17, 15) is 14.4 Å². The summed E-state index contributed by atoms with van der Waals surface area (Å²) < 4.78 is 7.18. The molecule has 0 aliphatic carbocycles. The van der Waals surface area contributed by atoms with E-state index in [2.05, 4.69) is 15.3 Å². The van der Waals surface area contributed by atoms with E-state index in [1.54, 1.807) is 12.1 Å². The molecule has 1 amide bonds. The average molecular weight is 341 g/mol. The minimum atomic E-state index is -0.508. The van der Waals surface area contributed by atoms with Gasteiger partial charge in [0.25, 0.3) is 11.5 Å². The molecule has 0 aliphatic heterocycles. The molecule has 0 atom stereocenters. The molecular formula is C16H15N5O4. The van der Waals surface area contributed by atoms with Crippen LogP contribution in [0.15, 0.2) is 40.2 Å². The Morgan fingerprint density at radius 2 is 1.88 bits per heavy atom. The van der Waals surface area contributed by atoms with Gasteiger partial charge in [-0.3, -0.25) is 18.7 Å². The normalized spacial score (nSPS) is 10.7. The number of pyridine rings is 2. The lowest BCUT2D eigenvalue weighted by Gasteiger charge is -2.09. The molecule has 9 heteroatoms. The van der Waals surface area contributed by atoms with Crippen LogP contribution in [0.4, 0.5) is 5.69 Å². The molecule has 0 saturated heterocycles. The van der Waals surface area contributed by atoms with E-state index >= 15 is 0 Å². The van der Waals surface area contributed by atoms with E-state index in [1.807, 2.05) is 0 Å². The van der Waals surface area contributed by atoms with Crippen LogP contribution >= 0.6 is 0 Å². The Morgan fingerprint density at radius 3 is 2.52 bits per heavy atom. The van der Waals surface area contributed by atoms with Gasteiger partial charge >= 0.3 is 5.69 Å². The summed E-state index contributed by atoms with van der Waals surface area (Å²) in [6.45, 7) is 0. The van der Waals surface area contributed by atoms with Gasteiger partial charge in [0.15, 0.2) is 0 Å². The number of fused-ring (bicyclic) bond motifs is 1. The standard InChI is InChI=1S/C16H15N5O4/c1-20-13-11(15(23)21(2)16(20)24)6-9(7-18-13)14(22)19-10-4-5-12(25-3)17-8-10/h4-8H,1-3H3,(H,19,22). The number of ether oxygens (including phenoxy) is 1. The van der Waals surface area contributed by atoms with Crippen LogP contribution in [0.2, 0.25) is 0 Å². The maximum atomic E-state index is 12.4. The molecule has 128 valence electrons. The van der Waals surface area contributed by atoms with Gasteiger partial charge in [-0.05, 0) is 12.1 Å². The quantitative estimate of drug-likeness (QED) is 0.733. The summed E-state index contributed by atoms with van der Waals surface area (Å²) >= 11 is 0. The largest absolute Gasteiger partial charge is 0.481 e. The Bertz CT molecular complexity index is 1080. The first-order valence-corrected chi connectivity index (χ1v) is 7.29. The Hall–Kier alpha value is -3.49. The number of amides is 1. The number of rotatable bonds is 3. The second-order valence-corrected chi connectivity index (χ2v) is 5.34. The van der Waals surface area contributed by atoms with Crippen LogP contribution in [0, 0.1) is 0 Å². The van der Waals surface area contributed by atoms with Gasteiger partial charge in [0.05, 0.1) is 29.9 Å². The molecule has 0 radical (unpaired) electrons. The van der Waals surface area contributed by atoms with Crippen LogP contribution < -0.4 is 21.3 Å². The number of nitrogens with one attached hydrogen (secondary N) is 1. The van der Waals surface area contributed by atoms with Gasteiger partial charge in [-0.15, -0.1) is 0 Å². The third-order valence-electron chi connectivity index (χ3n) is 3.76. The van der Waals surface area contributed by atoms with Gasteiger partial charge in [0.1, 0.15) is 5.65 Å². The molecule has 1 N–H and O–H groups in total. The third-order valence-corrected chi connectivity index (χ3v) is 3.76. The Labute approximate surface area is 141 Å². The maximum absolute atomic E-state index is 12.4. The first-order chi connectivity index (χ1) is 11.9. The molecule has 0 aromatic carbocycles. The van der Waals surface area contributed by atoms with Crippen molar-refractivity contribution in [2.75, 3.05) is 12.4 Å². The highest BCUT2D eigenvalue weighted by Crippen LogP contribution is 2.13. The molecule has 0 saturated carbocycles. The molecular weight excluding hydrogens is 326 g/mol. The third kappa shape index (κ3) is 2.87. The van der Waals surface area contributed by atoms with Crippen molar-refractivity contribution >= 4 is 22.6 Å². The highest BCUT2D eigenvalue weighted by Gasteiger charge is 2.14. The molecule has 25 heavy (non-hydrogen) atoms. The number of anilines is 1. The van der Waals surface area contributed by atoms with Gasteiger partial charge in [-0.1, -0.05) is 0 Å². The number of hydrogen-bond acceptors (Lipinski definition) is 6. The number of aryl methyl sites for hydroxylation is 1. The molecule has 0 fully saturated rings. The Kier molecular flexibility index (Phi) is 4.05. The van der Waals surface area contributed by atoms with Gasteiger partial charge in [-0.2, -0.15) is 0 Å². The summed E-state index contributed by atoms with van der Waals surface area (Å²) in [4.78, 5) is 44.6. The van der Waals surface area contributed by atoms with Crippen LogP contribution in [0.5, 0.6) is 5.88 Å². The van der Waals surface area contributed by atoms with Gasteiger partial charge in [0.2, 0.25) is 5.88 Å². The van der Waals surface area contributed by atoms with E-state index in [0.717, 1.165) is 4.57 Å². The zero-order valence-corrected chi connectivity index (χ0v) is 13.8. The lowest BCUT2D eigenvalue weighted by Crippen LogP contribution is -2.37. The van der Waals surface area contributed by atoms with Crippen molar-refractivity contribution in [1.29, 1.82) is 0 Å². The predicted molar refractivity (Wildman–Crippen MR) is 91.0 cm³/mol. The summed E-state index contributed by atoms with van der Waals surface area (Å²) in [5, 5.41) is 2.85. The zero-order chi connectivity index (χ0) is 18.1. The molecule has 3 rings (SSSR count). The lowest BCUT2D eigenvalue weighted by atomic mass is 10.2. The highest BCUT2D eigenvalue weighted by molar-refractivity contribution is 6.05. The van der Waals surface area contributed by atoms with Crippen LogP contribution in [0.3, 0.4) is 0 Å². The number of carbonyl (C=O) groups is 1. The van der Waals surface area contributed by atoms with Crippen molar-refractivity contribution in [3.63, 3.8) is 0 Å². The SMILES string of the molecule is COc1ccc(NC(=O)c2cnc3c(c2)c(=O)n(C)c(=O)n3C)cn1. The van der Waals surface area contributed by atoms with Gasteiger partial charge in [-0.25, -0.2) is 14.8 Å². The first kappa shape index (κ1) is 16.4. The van der Waals surface area contributed by atoms with E-state index < -0.39 is 17.2 Å². The second kappa shape index (κ2) is 6.19. The van der Waals surface area contributed by atoms with Crippen LogP contribution in [0.25, 0.3) is 11.0 Å². The fourth-order valence-electron chi connectivity index (χ4n) is 2.37. The van der Waals surface area contributed by atoms with E-state index in [1.165, 1.54) is 44.2 Å². The molecule has 3 aromatic heterocycles. The van der Waals surface area contributed by atoms with Crippen LogP contribution in [-0.4, -0.2) is 32.1 Å². The smallest absolute Gasteiger partial charge is 0.332 e. The van der Waals surface area contributed by atoms with Crippen LogP contribution in [0.1, 0.15) is 10.4 Å². The predicted octanol–water partition coefficient (Wildman–Crippen LogP) is 0.288. The fraction of sp³-hybridized carbons (Fsp3) is 0.188. The molecule has 9 nitrogen and oxygen atoms in total. The number of aromatic nitrogens is 4. The number of hydrogen-bond donors (Lipinski definition) is 1. The summed E-state index contributed by atoms with van der Waals surface area (Å²) in [5.41, 5.74) is -0.105. The number of methoxy groups -OCH3 is 1. The van der Waals surface area contributed by atoms with Crippen molar-refractivity contribution in [2.24, 2.45) is 14.1 Å². The molecule has 3 heterocycles. The second-order valence-electron chi connectivity index (χ2n) is 5.34.